The Kier molecular flexibility index (Phi) is 5.81. The lowest BCUT2D eigenvalue weighted by molar-refractivity contribution is 0.459. The molecule has 0 unspecified atom stereocenters. The van der Waals surface area contributed by atoms with Crippen molar-refractivity contribution in [3.63, 3.8) is 0 Å². The molecule has 0 saturated heterocycles. The Labute approximate surface area is 275 Å². The monoisotopic (exact) mass is 639 g/mol. The Bertz CT molecular complexity index is 2730. The van der Waals surface area contributed by atoms with Gasteiger partial charge in [0.15, 0.2) is 22.9 Å². The van der Waals surface area contributed by atoms with Crippen LogP contribution in [-0.2, 0) is 0 Å². The van der Waals surface area contributed by atoms with Crippen LogP contribution in [0.3, 0.4) is 0 Å². The molecule has 0 radical (unpaired) electrons. The molecule has 10 nitrogen and oxygen atoms in total. The number of hydrogen-bond acceptors (Lipinski definition) is 9. The lowest BCUT2D eigenvalue weighted by atomic mass is 9.91. The first-order chi connectivity index (χ1) is 23.8. The number of imidazole rings is 1. The van der Waals surface area contributed by atoms with Crippen molar-refractivity contribution in [2.45, 2.75) is 0 Å². The number of hydrogen-bond donors (Lipinski definition) is 1. The maximum atomic E-state index is 6.37. The molecule has 226 valence electrons. The number of nitrogens with one attached hydrogen (secondary N) is 1. The molecule has 48 heavy (non-hydrogen) atoms. The molecule has 0 aliphatic carbocycles. The van der Waals surface area contributed by atoms with Gasteiger partial charge in [0.1, 0.15) is 0 Å². The Morgan fingerprint density at radius 2 is 1.56 bits per heavy atom. The highest BCUT2D eigenvalue weighted by Gasteiger charge is 2.33. The number of aromatic nitrogens is 9. The van der Waals surface area contributed by atoms with Gasteiger partial charge in [0.05, 0.1) is 51.3 Å². The Balaban J connectivity index is 1.46. The van der Waals surface area contributed by atoms with E-state index in [1.54, 1.807) is 48.4 Å². The molecule has 0 aliphatic rings. The van der Waals surface area contributed by atoms with Crippen LogP contribution in [0.5, 0.6) is 0 Å². The summed E-state index contributed by atoms with van der Waals surface area (Å²) in [6, 6.07) is 28.4. The summed E-state index contributed by atoms with van der Waals surface area (Å²) in [6.07, 6.45) is 10.4. The minimum atomic E-state index is 0.467. The summed E-state index contributed by atoms with van der Waals surface area (Å²) in [4.78, 5) is 28.2. The maximum Gasteiger partial charge on any atom is 0.181 e. The van der Waals surface area contributed by atoms with Crippen molar-refractivity contribution in [1.82, 2.24) is 44.8 Å². The third kappa shape index (κ3) is 4.01. The number of nitrogens with zero attached hydrogens (tertiary/aromatic N) is 8. The van der Waals surface area contributed by atoms with Crippen LogP contribution in [0.25, 0.3) is 93.3 Å². The number of thiophene rings is 1. The van der Waals surface area contributed by atoms with Gasteiger partial charge in [-0.2, -0.15) is 5.10 Å². The largest absolute Gasteiger partial charge is 0.355 e. The van der Waals surface area contributed by atoms with Gasteiger partial charge in [-0.3, -0.25) is 9.97 Å². The molecular formula is C37H21N9OS. The van der Waals surface area contributed by atoms with E-state index in [1.165, 1.54) is 0 Å². The summed E-state index contributed by atoms with van der Waals surface area (Å²) >= 11 is 1.69. The zero-order valence-corrected chi connectivity index (χ0v) is 25.8. The van der Waals surface area contributed by atoms with E-state index in [4.69, 9.17) is 34.7 Å². The highest BCUT2D eigenvalue weighted by atomic mass is 32.1. The van der Waals surface area contributed by atoms with Crippen molar-refractivity contribution >= 4 is 54.3 Å². The van der Waals surface area contributed by atoms with Gasteiger partial charge in [0.2, 0.25) is 0 Å². The molecule has 0 atom stereocenters. The molecule has 0 aliphatic heterocycles. The second-order valence-electron chi connectivity index (χ2n) is 11.2. The summed E-state index contributed by atoms with van der Waals surface area (Å²) in [5.41, 5.74) is 7.35. The smallest absolute Gasteiger partial charge is 0.181 e. The normalized spacial score (nSPS) is 11.8. The minimum absolute atomic E-state index is 0.467. The first-order valence-corrected chi connectivity index (χ1v) is 16.0. The van der Waals surface area contributed by atoms with Gasteiger partial charge in [0, 0.05) is 50.9 Å². The number of H-pyrrole nitrogens is 1. The predicted octanol–water partition coefficient (Wildman–Crippen LogP) is 8.51. The lowest BCUT2D eigenvalue weighted by Crippen LogP contribution is -2.05. The van der Waals surface area contributed by atoms with Crippen LogP contribution in [0.2, 0.25) is 0 Å². The van der Waals surface area contributed by atoms with Gasteiger partial charge in [-0.15, -0.1) is 11.3 Å². The zero-order valence-electron chi connectivity index (χ0n) is 24.9. The molecule has 11 heteroatoms. The third-order valence-corrected chi connectivity index (χ3v) is 9.61. The molecule has 0 bridgehead atoms. The quantitative estimate of drug-likeness (QED) is 0.199. The summed E-state index contributed by atoms with van der Waals surface area (Å²) in [6.45, 7) is 0. The maximum absolute atomic E-state index is 6.37. The molecule has 1 N–H and O–H groups in total. The van der Waals surface area contributed by atoms with Crippen molar-refractivity contribution in [1.29, 1.82) is 0 Å². The van der Waals surface area contributed by atoms with Gasteiger partial charge < -0.3 is 9.51 Å². The first kappa shape index (κ1) is 26.6. The van der Waals surface area contributed by atoms with Crippen molar-refractivity contribution in [2.24, 2.45) is 0 Å². The number of aromatic amines is 1. The zero-order chi connectivity index (χ0) is 31.6. The van der Waals surface area contributed by atoms with Crippen molar-refractivity contribution in [3.05, 3.63) is 122 Å². The molecule has 0 spiro atoms. The SMILES string of the molecule is c1cnc(-c2c(-c3cnccn3)c(-c3cc4ccccc4s3)c(-n3ncc4ccccc43)c3c(-c4nc5ccccc5[nH]4)noc23)nc1. The van der Waals surface area contributed by atoms with Gasteiger partial charge in [-0.25, -0.2) is 19.6 Å². The second-order valence-corrected chi connectivity index (χ2v) is 12.3. The molecule has 10 rings (SSSR count). The van der Waals surface area contributed by atoms with Gasteiger partial charge in [-0.05, 0) is 41.8 Å². The van der Waals surface area contributed by atoms with E-state index in [0.717, 1.165) is 53.7 Å². The summed E-state index contributed by atoms with van der Waals surface area (Å²) in [5, 5.41) is 12.5. The van der Waals surface area contributed by atoms with Gasteiger partial charge in [-0.1, -0.05) is 53.7 Å². The second kappa shape index (κ2) is 10.5. The fourth-order valence-corrected chi connectivity index (χ4v) is 7.54. The van der Waals surface area contributed by atoms with Crippen LogP contribution in [0, 0.1) is 0 Å². The number of para-hydroxylation sites is 3. The summed E-state index contributed by atoms with van der Waals surface area (Å²) < 4.78 is 9.49. The fraction of sp³-hybridized carbons (Fsp3) is 0. The first-order valence-electron chi connectivity index (χ1n) is 15.2. The van der Waals surface area contributed by atoms with Crippen LogP contribution in [0.15, 0.2) is 127 Å². The topological polar surface area (TPSA) is 124 Å². The number of benzene rings is 4. The van der Waals surface area contributed by atoms with Crippen molar-refractivity contribution in [3.8, 4) is 50.3 Å². The van der Waals surface area contributed by atoms with Gasteiger partial charge in [0.25, 0.3) is 0 Å². The average Bonchev–Trinajstić information content (AvgIpc) is 3.95. The minimum Gasteiger partial charge on any atom is -0.355 e. The van der Waals surface area contributed by atoms with Crippen LogP contribution in [0.1, 0.15) is 0 Å². The standard InChI is InChI=1S/C37H21N9OS/c1-5-12-26-22(9-1)19-42-46(26)34-30(28-18-21-8-2-6-13-27(21)48-28)29(25-20-38-16-17-39-25)31(36-40-14-7-15-41-36)35-32(34)33(45-47-35)37-43-23-10-3-4-11-24(23)44-37/h1-20H,(H,43,44). The van der Waals surface area contributed by atoms with E-state index in [2.05, 4.69) is 52.4 Å². The average molecular weight is 640 g/mol. The number of rotatable bonds is 5. The van der Waals surface area contributed by atoms with E-state index in [-0.39, 0.29) is 0 Å². The van der Waals surface area contributed by atoms with Crippen LogP contribution < -0.4 is 0 Å². The molecule has 4 aromatic carbocycles. The molecule has 6 aromatic heterocycles. The van der Waals surface area contributed by atoms with E-state index in [1.807, 2.05) is 47.3 Å². The van der Waals surface area contributed by atoms with Crippen LogP contribution in [-0.4, -0.2) is 44.8 Å². The number of fused-ring (bicyclic) bond motifs is 4. The molecular weight excluding hydrogens is 619 g/mol. The molecule has 10 aromatic rings. The van der Waals surface area contributed by atoms with E-state index < -0.39 is 0 Å². The fourth-order valence-electron chi connectivity index (χ4n) is 6.42. The van der Waals surface area contributed by atoms with Crippen LogP contribution >= 0.6 is 11.3 Å². The van der Waals surface area contributed by atoms with E-state index in [9.17, 15) is 0 Å². The summed E-state index contributed by atoms with van der Waals surface area (Å²) in [7, 11) is 0. The van der Waals surface area contributed by atoms with Crippen molar-refractivity contribution in [2.75, 3.05) is 0 Å². The van der Waals surface area contributed by atoms with Crippen molar-refractivity contribution < 1.29 is 4.52 Å². The van der Waals surface area contributed by atoms with Crippen LogP contribution in [0.4, 0.5) is 0 Å². The lowest BCUT2D eigenvalue weighted by Gasteiger charge is -2.19. The highest BCUT2D eigenvalue weighted by molar-refractivity contribution is 7.22. The Morgan fingerprint density at radius 3 is 2.42 bits per heavy atom. The van der Waals surface area contributed by atoms with Gasteiger partial charge >= 0.3 is 0 Å². The highest BCUT2D eigenvalue weighted by Crippen LogP contribution is 2.52. The molecule has 0 fully saturated rings. The van der Waals surface area contributed by atoms with E-state index >= 15 is 0 Å². The van der Waals surface area contributed by atoms with E-state index in [0.29, 0.717) is 39.6 Å². The Hall–Kier alpha value is -6.59. The predicted molar refractivity (Wildman–Crippen MR) is 187 cm³/mol. The molecule has 6 heterocycles. The Morgan fingerprint density at radius 1 is 0.729 bits per heavy atom. The molecule has 0 saturated carbocycles. The third-order valence-electron chi connectivity index (χ3n) is 8.48. The molecule has 0 amide bonds. The summed E-state index contributed by atoms with van der Waals surface area (Å²) in [5.74, 6) is 1.04.